The molecule has 0 spiro atoms. The van der Waals surface area contributed by atoms with Crippen molar-refractivity contribution in [3.63, 3.8) is 0 Å². The Labute approximate surface area is 153 Å². The molecule has 1 aromatic heterocycles. The van der Waals surface area contributed by atoms with Crippen LogP contribution in [0.25, 0.3) is 10.2 Å². The van der Waals surface area contributed by atoms with Crippen molar-refractivity contribution in [2.24, 2.45) is 4.99 Å². The van der Waals surface area contributed by atoms with Gasteiger partial charge in [-0.1, -0.05) is 36.4 Å². The van der Waals surface area contributed by atoms with E-state index >= 15 is 0 Å². The molecule has 0 aliphatic rings. The molecule has 3 rings (SSSR count). The molecule has 0 unspecified atom stereocenters. The minimum absolute atomic E-state index is 0.782. The monoisotopic (exact) mass is 352 g/mol. The topological polar surface area (TPSA) is 49.3 Å². The van der Waals surface area contributed by atoms with Crippen molar-refractivity contribution in [3.8, 4) is 0 Å². The number of thiazole rings is 1. The summed E-state index contributed by atoms with van der Waals surface area (Å²) in [5.41, 5.74) is 3.69. The lowest BCUT2D eigenvalue weighted by Gasteiger charge is -2.12. The van der Waals surface area contributed by atoms with Gasteiger partial charge in [-0.2, -0.15) is 0 Å². The second-order valence-corrected chi connectivity index (χ2v) is 7.07. The Bertz CT molecular complexity index is 821. The molecule has 4 nitrogen and oxygen atoms in total. The van der Waals surface area contributed by atoms with Crippen LogP contribution in [-0.2, 0) is 13.0 Å². The third kappa shape index (κ3) is 4.79. The van der Waals surface area contributed by atoms with E-state index in [9.17, 15) is 0 Å². The second-order valence-electron chi connectivity index (χ2n) is 5.96. The zero-order chi connectivity index (χ0) is 17.5. The Morgan fingerprint density at radius 1 is 1.08 bits per heavy atom. The molecule has 0 atom stereocenters. The Balaban J connectivity index is 1.43. The summed E-state index contributed by atoms with van der Waals surface area (Å²) < 4.78 is 1.26. The van der Waals surface area contributed by atoms with Crippen LogP contribution in [0.2, 0.25) is 0 Å². The summed E-state index contributed by atoms with van der Waals surface area (Å²) >= 11 is 1.79. The number of aryl methyl sites for hydroxylation is 2. The molecule has 3 aromatic rings. The molecule has 0 saturated heterocycles. The fourth-order valence-corrected chi connectivity index (χ4v) is 3.69. The fourth-order valence-electron chi connectivity index (χ4n) is 2.68. The average Bonchev–Trinajstić information content (AvgIpc) is 3.05. The predicted octanol–water partition coefficient (Wildman–Crippen LogP) is 3.90. The highest BCUT2D eigenvalue weighted by Gasteiger charge is 2.04. The van der Waals surface area contributed by atoms with Crippen LogP contribution in [0.5, 0.6) is 0 Å². The third-order valence-corrected chi connectivity index (χ3v) is 5.23. The molecule has 0 aliphatic heterocycles. The van der Waals surface area contributed by atoms with E-state index in [4.69, 9.17) is 0 Å². The second kappa shape index (κ2) is 8.62. The maximum atomic E-state index is 4.68. The van der Waals surface area contributed by atoms with Crippen molar-refractivity contribution in [2.45, 2.75) is 26.3 Å². The van der Waals surface area contributed by atoms with Crippen molar-refractivity contribution in [1.29, 1.82) is 0 Å². The van der Waals surface area contributed by atoms with Gasteiger partial charge in [0.1, 0.15) is 0 Å². The molecule has 0 saturated carbocycles. The van der Waals surface area contributed by atoms with Crippen LogP contribution in [-0.4, -0.2) is 24.5 Å². The molecule has 130 valence electrons. The Kier molecular flexibility index (Phi) is 6.01. The summed E-state index contributed by atoms with van der Waals surface area (Å²) in [5, 5.41) is 7.95. The normalized spacial score (nSPS) is 11.7. The predicted molar refractivity (Wildman–Crippen MR) is 107 cm³/mol. The molecule has 2 N–H and O–H groups in total. The Morgan fingerprint density at radius 2 is 1.88 bits per heavy atom. The molecule has 0 aliphatic carbocycles. The van der Waals surface area contributed by atoms with Crippen LogP contribution in [0, 0.1) is 6.92 Å². The molecule has 0 amide bonds. The first-order valence-corrected chi connectivity index (χ1v) is 9.41. The Morgan fingerprint density at radius 3 is 2.68 bits per heavy atom. The third-order valence-electron chi connectivity index (χ3n) is 4.13. The minimum atomic E-state index is 0.782. The largest absolute Gasteiger partial charge is 0.356 e. The zero-order valence-electron chi connectivity index (χ0n) is 14.7. The van der Waals surface area contributed by atoms with Crippen LogP contribution >= 0.6 is 11.3 Å². The van der Waals surface area contributed by atoms with Crippen molar-refractivity contribution < 1.29 is 0 Å². The maximum Gasteiger partial charge on any atom is 0.191 e. The highest BCUT2D eigenvalue weighted by molar-refractivity contribution is 7.18. The maximum absolute atomic E-state index is 4.68. The number of aliphatic imine (C=N–C) groups is 1. The summed E-state index contributed by atoms with van der Waals surface area (Å²) in [6, 6.07) is 16.7. The quantitative estimate of drug-likeness (QED) is 0.402. The van der Waals surface area contributed by atoms with Crippen LogP contribution in [0.3, 0.4) is 0 Å². The molecule has 0 fully saturated rings. The van der Waals surface area contributed by atoms with Gasteiger partial charge in [0.05, 0.1) is 15.2 Å². The zero-order valence-corrected chi connectivity index (χ0v) is 15.6. The number of benzene rings is 2. The SMILES string of the molecule is CN=C(NCCCc1nc2ccccc2s1)NCc1ccccc1C. The van der Waals surface area contributed by atoms with Crippen LogP contribution < -0.4 is 10.6 Å². The smallest absolute Gasteiger partial charge is 0.191 e. The number of rotatable bonds is 6. The van der Waals surface area contributed by atoms with E-state index < -0.39 is 0 Å². The van der Waals surface area contributed by atoms with Gasteiger partial charge in [0.2, 0.25) is 0 Å². The van der Waals surface area contributed by atoms with Gasteiger partial charge in [0.25, 0.3) is 0 Å². The summed E-state index contributed by atoms with van der Waals surface area (Å²) in [6.07, 6.45) is 2.02. The first-order chi connectivity index (χ1) is 12.3. The van der Waals surface area contributed by atoms with Gasteiger partial charge in [-0.05, 0) is 36.6 Å². The highest BCUT2D eigenvalue weighted by atomic mass is 32.1. The highest BCUT2D eigenvalue weighted by Crippen LogP contribution is 2.22. The standard InChI is InChI=1S/C20H24N4S/c1-15-8-3-4-9-16(15)14-23-20(21-2)22-13-7-12-19-24-17-10-5-6-11-18(17)25-19/h3-6,8-11H,7,12-14H2,1-2H3,(H2,21,22,23). The molecule has 0 radical (unpaired) electrons. The first-order valence-electron chi connectivity index (χ1n) is 8.60. The summed E-state index contributed by atoms with van der Waals surface area (Å²) in [4.78, 5) is 8.97. The van der Waals surface area contributed by atoms with Crippen LogP contribution in [0.15, 0.2) is 53.5 Å². The number of hydrogen-bond donors (Lipinski definition) is 2. The van der Waals surface area contributed by atoms with Gasteiger partial charge in [-0.3, -0.25) is 4.99 Å². The molecule has 0 bridgehead atoms. The summed E-state index contributed by atoms with van der Waals surface area (Å²) in [5.74, 6) is 0.840. The van der Waals surface area contributed by atoms with E-state index in [-0.39, 0.29) is 0 Å². The number of nitrogens with zero attached hydrogens (tertiary/aromatic N) is 2. The summed E-state index contributed by atoms with van der Waals surface area (Å²) in [7, 11) is 1.81. The average molecular weight is 353 g/mol. The van der Waals surface area contributed by atoms with Gasteiger partial charge in [0.15, 0.2) is 5.96 Å². The van der Waals surface area contributed by atoms with Crippen molar-refractivity contribution in [1.82, 2.24) is 15.6 Å². The first kappa shape index (κ1) is 17.4. The molecule has 5 heteroatoms. The Hall–Kier alpha value is -2.40. The van der Waals surface area contributed by atoms with E-state index in [0.717, 1.165) is 37.4 Å². The van der Waals surface area contributed by atoms with Crippen LogP contribution in [0.4, 0.5) is 0 Å². The van der Waals surface area contributed by atoms with Gasteiger partial charge < -0.3 is 10.6 Å². The number of hydrogen-bond acceptors (Lipinski definition) is 3. The van der Waals surface area contributed by atoms with Gasteiger partial charge in [0, 0.05) is 26.6 Å². The molecule has 2 aromatic carbocycles. The fraction of sp³-hybridized carbons (Fsp3) is 0.300. The number of guanidine groups is 1. The molecule has 25 heavy (non-hydrogen) atoms. The van der Waals surface area contributed by atoms with E-state index in [1.807, 2.05) is 6.07 Å². The number of fused-ring (bicyclic) bond motifs is 1. The lowest BCUT2D eigenvalue weighted by molar-refractivity contribution is 0.739. The molecule has 1 heterocycles. The lowest BCUT2D eigenvalue weighted by Crippen LogP contribution is -2.37. The van der Waals surface area contributed by atoms with Crippen LogP contribution in [0.1, 0.15) is 22.6 Å². The van der Waals surface area contributed by atoms with Gasteiger partial charge in [-0.25, -0.2) is 4.98 Å². The summed E-state index contributed by atoms with van der Waals surface area (Å²) in [6.45, 7) is 3.79. The lowest BCUT2D eigenvalue weighted by atomic mass is 10.1. The number of nitrogens with one attached hydrogen (secondary N) is 2. The van der Waals surface area contributed by atoms with Crippen molar-refractivity contribution in [3.05, 3.63) is 64.7 Å². The molecular weight excluding hydrogens is 328 g/mol. The van der Waals surface area contributed by atoms with E-state index in [1.54, 1.807) is 18.4 Å². The number of aromatic nitrogens is 1. The van der Waals surface area contributed by atoms with E-state index in [1.165, 1.54) is 20.8 Å². The van der Waals surface area contributed by atoms with E-state index in [2.05, 4.69) is 70.0 Å². The number of para-hydroxylation sites is 1. The molecular formula is C20H24N4S. The van der Waals surface area contributed by atoms with Crippen molar-refractivity contribution in [2.75, 3.05) is 13.6 Å². The minimum Gasteiger partial charge on any atom is -0.356 e. The van der Waals surface area contributed by atoms with Gasteiger partial charge >= 0.3 is 0 Å². The van der Waals surface area contributed by atoms with Gasteiger partial charge in [-0.15, -0.1) is 11.3 Å². The van der Waals surface area contributed by atoms with Crippen molar-refractivity contribution >= 4 is 27.5 Å². The van der Waals surface area contributed by atoms with E-state index in [0.29, 0.717) is 0 Å².